The lowest BCUT2D eigenvalue weighted by atomic mass is 10.1. The number of carbonyl (C=O) groups is 1. The van der Waals surface area contributed by atoms with Crippen LogP contribution in [0.4, 0.5) is 0 Å². The van der Waals surface area contributed by atoms with Gasteiger partial charge < -0.3 is 14.5 Å². The number of hydrogen-bond donors (Lipinski definition) is 0. The van der Waals surface area contributed by atoms with Crippen molar-refractivity contribution in [1.29, 1.82) is 0 Å². The Morgan fingerprint density at radius 1 is 1.39 bits per heavy atom. The van der Waals surface area contributed by atoms with E-state index in [1.54, 1.807) is 11.8 Å². The van der Waals surface area contributed by atoms with Gasteiger partial charge in [0.2, 0.25) is 5.91 Å². The van der Waals surface area contributed by atoms with E-state index in [0.29, 0.717) is 12.5 Å². The second kappa shape index (κ2) is 7.45. The molecule has 0 N–H and O–H groups in total. The van der Waals surface area contributed by atoms with Crippen LogP contribution in [-0.2, 0) is 23.0 Å². The zero-order valence-corrected chi connectivity index (χ0v) is 14.3. The lowest BCUT2D eigenvalue weighted by molar-refractivity contribution is -0.132. The maximum Gasteiger partial charge on any atom is 0.223 e. The molecule has 0 aromatic carbocycles. The van der Waals surface area contributed by atoms with Gasteiger partial charge in [0.15, 0.2) is 0 Å². The van der Waals surface area contributed by atoms with Crippen LogP contribution in [-0.4, -0.2) is 70.9 Å². The van der Waals surface area contributed by atoms with Crippen LogP contribution >= 0.6 is 0 Å². The molecule has 6 nitrogen and oxygen atoms in total. The molecular weight excluding hydrogens is 292 g/mol. The fraction of sp³-hybridized carbons (Fsp3) is 0.765. The Morgan fingerprint density at radius 2 is 2.17 bits per heavy atom. The van der Waals surface area contributed by atoms with Crippen molar-refractivity contribution in [3.05, 3.63) is 18.0 Å². The summed E-state index contributed by atoms with van der Waals surface area (Å²) in [6.07, 6.45) is 8.87. The highest BCUT2D eigenvalue weighted by atomic mass is 16.5. The van der Waals surface area contributed by atoms with Crippen LogP contribution in [0.2, 0.25) is 0 Å². The third-order valence-electron chi connectivity index (χ3n) is 5.08. The van der Waals surface area contributed by atoms with Crippen molar-refractivity contribution in [2.45, 2.75) is 44.2 Å². The van der Waals surface area contributed by atoms with Crippen molar-refractivity contribution in [1.82, 2.24) is 19.6 Å². The molecule has 0 bridgehead atoms. The third kappa shape index (κ3) is 4.12. The van der Waals surface area contributed by atoms with Crippen LogP contribution in [0, 0.1) is 0 Å². The van der Waals surface area contributed by atoms with Gasteiger partial charge in [-0.1, -0.05) is 0 Å². The molecule has 128 valence electrons. The van der Waals surface area contributed by atoms with E-state index in [4.69, 9.17) is 4.74 Å². The van der Waals surface area contributed by atoms with Gasteiger partial charge in [0, 0.05) is 45.9 Å². The fourth-order valence-electron chi connectivity index (χ4n) is 3.78. The molecule has 1 amide bonds. The first kappa shape index (κ1) is 16.5. The quantitative estimate of drug-likeness (QED) is 0.787. The number of methoxy groups -OCH3 is 1. The predicted molar refractivity (Wildman–Crippen MR) is 88.1 cm³/mol. The summed E-state index contributed by atoms with van der Waals surface area (Å²) < 4.78 is 7.31. The number of ether oxygens (including phenoxy) is 1. The molecule has 1 aromatic rings. The average Bonchev–Trinajstić information content (AvgIpc) is 3.26. The second-order valence-corrected chi connectivity index (χ2v) is 6.82. The summed E-state index contributed by atoms with van der Waals surface area (Å²) in [6.45, 7) is 4.08. The van der Waals surface area contributed by atoms with E-state index in [9.17, 15) is 4.79 Å². The molecule has 0 radical (unpaired) electrons. The number of rotatable bonds is 6. The van der Waals surface area contributed by atoms with Crippen LogP contribution in [0.5, 0.6) is 0 Å². The van der Waals surface area contributed by atoms with Gasteiger partial charge in [-0.25, -0.2) is 0 Å². The molecule has 2 atom stereocenters. The van der Waals surface area contributed by atoms with Gasteiger partial charge in [0.1, 0.15) is 0 Å². The maximum atomic E-state index is 12.7. The number of carbonyl (C=O) groups excluding carboxylic acids is 1. The van der Waals surface area contributed by atoms with Crippen LogP contribution in [0.3, 0.4) is 0 Å². The van der Waals surface area contributed by atoms with Gasteiger partial charge in [0.25, 0.3) is 0 Å². The minimum Gasteiger partial charge on any atom is -0.380 e. The molecule has 2 saturated heterocycles. The summed E-state index contributed by atoms with van der Waals surface area (Å²) in [5, 5.41) is 4.17. The largest absolute Gasteiger partial charge is 0.380 e. The summed E-state index contributed by atoms with van der Waals surface area (Å²) in [7, 11) is 3.66. The van der Waals surface area contributed by atoms with Gasteiger partial charge >= 0.3 is 0 Å². The van der Waals surface area contributed by atoms with Gasteiger partial charge in [-0.05, 0) is 44.3 Å². The van der Waals surface area contributed by atoms with Crippen molar-refractivity contribution in [3.63, 3.8) is 0 Å². The van der Waals surface area contributed by atoms with Crippen molar-refractivity contribution in [3.8, 4) is 0 Å². The van der Waals surface area contributed by atoms with Gasteiger partial charge in [-0.15, -0.1) is 0 Å². The first-order valence-electron chi connectivity index (χ1n) is 8.68. The zero-order chi connectivity index (χ0) is 16.2. The number of nitrogens with zero attached hydrogens (tertiary/aromatic N) is 4. The molecule has 0 unspecified atom stereocenters. The molecule has 0 saturated carbocycles. The van der Waals surface area contributed by atoms with Crippen molar-refractivity contribution in [2.75, 3.05) is 33.3 Å². The lowest BCUT2D eigenvalue weighted by Crippen LogP contribution is -2.42. The number of aryl methyl sites for hydroxylation is 2. The Labute approximate surface area is 138 Å². The molecule has 2 aliphatic heterocycles. The van der Waals surface area contributed by atoms with E-state index in [-0.39, 0.29) is 12.0 Å². The normalized spacial score (nSPS) is 25.4. The van der Waals surface area contributed by atoms with E-state index in [0.717, 1.165) is 31.5 Å². The van der Waals surface area contributed by atoms with E-state index in [1.807, 2.05) is 19.4 Å². The minimum absolute atomic E-state index is 0.185. The Hall–Kier alpha value is -1.40. The molecule has 0 spiro atoms. The third-order valence-corrected chi connectivity index (χ3v) is 5.08. The van der Waals surface area contributed by atoms with E-state index in [1.165, 1.54) is 25.9 Å². The second-order valence-electron chi connectivity index (χ2n) is 6.82. The Balaban J connectivity index is 1.56. The topological polar surface area (TPSA) is 50.6 Å². The molecule has 3 rings (SSSR count). The van der Waals surface area contributed by atoms with E-state index in [2.05, 4.69) is 14.9 Å². The number of likely N-dealkylation sites (tertiary alicyclic amines) is 2. The Morgan fingerprint density at radius 3 is 2.83 bits per heavy atom. The number of hydrogen-bond acceptors (Lipinski definition) is 4. The highest BCUT2D eigenvalue weighted by molar-refractivity contribution is 5.77. The van der Waals surface area contributed by atoms with Crippen LogP contribution in [0.25, 0.3) is 0 Å². The van der Waals surface area contributed by atoms with Gasteiger partial charge in [0.05, 0.1) is 12.3 Å². The van der Waals surface area contributed by atoms with E-state index < -0.39 is 0 Å². The number of aromatic nitrogens is 2. The first-order chi connectivity index (χ1) is 11.2. The summed E-state index contributed by atoms with van der Waals surface area (Å²) in [5.74, 6) is 0.248. The summed E-state index contributed by atoms with van der Waals surface area (Å²) in [4.78, 5) is 17.2. The molecule has 23 heavy (non-hydrogen) atoms. The summed E-state index contributed by atoms with van der Waals surface area (Å²) >= 11 is 0. The molecule has 2 fully saturated rings. The molecule has 0 aliphatic carbocycles. The molecule has 3 heterocycles. The lowest BCUT2D eigenvalue weighted by Gasteiger charge is -2.28. The van der Waals surface area contributed by atoms with Crippen LogP contribution < -0.4 is 0 Å². The Bertz CT molecular complexity index is 524. The van der Waals surface area contributed by atoms with Crippen molar-refractivity contribution >= 4 is 5.91 Å². The zero-order valence-electron chi connectivity index (χ0n) is 14.3. The monoisotopic (exact) mass is 320 g/mol. The number of amides is 1. The molecule has 2 aliphatic rings. The highest BCUT2D eigenvalue weighted by Gasteiger charge is 2.36. The van der Waals surface area contributed by atoms with Gasteiger partial charge in [-0.3, -0.25) is 9.48 Å². The van der Waals surface area contributed by atoms with Gasteiger partial charge in [-0.2, -0.15) is 5.10 Å². The van der Waals surface area contributed by atoms with Crippen LogP contribution in [0.15, 0.2) is 12.4 Å². The van der Waals surface area contributed by atoms with Crippen LogP contribution in [0.1, 0.15) is 31.2 Å². The van der Waals surface area contributed by atoms with Crippen molar-refractivity contribution in [2.24, 2.45) is 7.05 Å². The average molecular weight is 320 g/mol. The highest BCUT2D eigenvalue weighted by Crippen LogP contribution is 2.23. The van der Waals surface area contributed by atoms with E-state index >= 15 is 0 Å². The standard InChI is InChI=1S/C17H28N4O2/c1-19-11-14(10-18-19)5-6-17(22)21-13-16(23-2)9-15(21)12-20-7-3-4-8-20/h10-11,15-16H,3-9,12-13H2,1-2H3/t15-,16-/m0/s1. The fourth-order valence-corrected chi connectivity index (χ4v) is 3.78. The minimum atomic E-state index is 0.185. The molecule has 1 aromatic heterocycles. The smallest absolute Gasteiger partial charge is 0.223 e. The van der Waals surface area contributed by atoms with Crippen molar-refractivity contribution < 1.29 is 9.53 Å². The first-order valence-corrected chi connectivity index (χ1v) is 8.68. The summed E-state index contributed by atoms with van der Waals surface area (Å²) in [6, 6.07) is 0.305. The maximum absolute atomic E-state index is 12.7. The summed E-state index contributed by atoms with van der Waals surface area (Å²) in [5.41, 5.74) is 1.12. The molecule has 6 heteroatoms. The predicted octanol–water partition coefficient (Wildman–Crippen LogP) is 1.06. The Kier molecular flexibility index (Phi) is 5.33. The SMILES string of the molecule is CO[C@H]1C[C@@H](CN2CCCC2)N(C(=O)CCc2cnn(C)c2)C1. The molecular formula is C17H28N4O2.